The van der Waals surface area contributed by atoms with E-state index in [2.05, 4.69) is 20.6 Å². The van der Waals surface area contributed by atoms with Crippen molar-refractivity contribution in [1.29, 1.82) is 0 Å². The first kappa shape index (κ1) is 13.6. The van der Waals surface area contributed by atoms with Gasteiger partial charge < -0.3 is 10.4 Å². The summed E-state index contributed by atoms with van der Waals surface area (Å²) in [5.74, 6) is -2.62. The van der Waals surface area contributed by atoms with Crippen LogP contribution in [0.2, 0.25) is 0 Å². The van der Waals surface area contributed by atoms with Gasteiger partial charge in [0.2, 0.25) is 11.9 Å². The summed E-state index contributed by atoms with van der Waals surface area (Å²) in [6.07, 6.45) is 0. The molecule has 0 fully saturated rings. The molecule has 0 atom stereocenters. The maximum Gasteiger partial charge on any atom is 0.356 e. The number of carboxylic acids is 1. The number of pyridine rings is 1. The summed E-state index contributed by atoms with van der Waals surface area (Å²) in [5.41, 5.74) is -0.332. The Balaban J connectivity index is 2.47. The van der Waals surface area contributed by atoms with Crippen LogP contribution in [0.25, 0.3) is 11.4 Å². The number of anilines is 1. The lowest BCUT2D eigenvalue weighted by Crippen LogP contribution is -2.09. The normalized spacial score (nSPS) is 10.3. The van der Waals surface area contributed by atoms with Crippen LogP contribution in [0.15, 0.2) is 12.1 Å². The number of aryl methyl sites for hydroxylation is 1. The van der Waals surface area contributed by atoms with Gasteiger partial charge in [0.05, 0.1) is 11.4 Å². The molecule has 0 bridgehead atoms. The average Bonchev–Trinajstić information content (AvgIpc) is 2.73. The first-order valence-electron chi connectivity index (χ1n) is 5.47. The van der Waals surface area contributed by atoms with E-state index in [1.54, 1.807) is 0 Å². The van der Waals surface area contributed by atoms with Crippen molar-refractivity contribution in [3.8, 4) is 11.4 Å². The lowest BCUT2D eigenvalue weighted by molar-refractivity contribution is -0.114. The Morgan fingerprint density at radius 2 is 2.10 bits per heavy atom. The zero-order valence-electron chi connectivity index (χ0n) is 10.6. The van der Waals surface area contributed by atoms with E-state index < -0.39 is 17.8 Å². The van der Waals surface area contributed by atoms with Gasteiger partial charge in [0.1, 0.15) is 5.69 Å². The molecule has 0 aromatic carbocycles. The van der Waals surface area contributed by atoms with Crippen LogP contribution >= 0.6 is 0 Å². The number of hydrogen-bond donors (Lipinski definition) is 2. The second-order valence-corrected chi connectivity index (χ2v) is 3.93. The van der Waals surface area contributed by atoms with Gasteiger partial charge in [0, 0.05) is 14.0 Å². The summed E-state index contributed by atoms with van der Waals surface area (Å²) < 4.78 is 14.8. The van der Waals surface area contributed by atoms with E-state index >= 15 is 0 Å². The first-order valence-corrected chi connectivity index (χ1v) is 5.47. The maximum absolute atomic E-state index is 13.7. The molecular formula is C11H10FN5O3. The zero-order valence-corrected chi connectivity index (χ0v) is 10.6. The molecule has 104 valence electrons. The fourth-order valence-electron chi connectivity index (χ4n) is 1.62. The Kier molecular flexibility index (Phi) is 3.42. The Labute approximate surface area is 112 Å². The molecule has 0 saturated heterocycles. The largest absolute Gasteiger partial charge is 0.476 e. The second-order valence-electron chi connectivity index (χ2n) is 3.93. The van der Waals surface area contributed by atoms with Crippen LogP contribution in [0.3, 0.4) is 0 Å². The zero-order chi connectivity index (χ0) is 14.9. The average molecular weight is 279 g/mol. The van der Waals surface area contributed by atoms with Crippen molar-refractivity contribution in [2.24, 2.45) is 7.05 Å². The van der Waals surface area contributed by atoms with E-state index in [4.69, 9.17) is 5.11 Å². The molecule has 9 heteroatoms. The van der Waals surface area contributed by atoms with Crippen LogP contribution in [0.4, 0.5) is 10.1 Å². The van der Waals surface area contributed by atoms with Crippen LogP contribution in [-0.2, 0) is 11.8 Å². The number of aromatic nitrogens is 4. The molecule has 0 saturated carbocycles. The second kappa shape index (κ2) is 5.03. The number of nitrogens with zero attached hydrogens (tertiary/aromatic N) is 4. The van der Waals surface area contributed by atoms with Crippen molar-refractivity contribution >= 4 is 17.6 Å². The summed E-state index contributed by atoms with van der Waals surface area (Å²) in [5, 5.41) is 18.5. The third kappa shape index (κ3) is 2.46. The van der Waals surface area contributed by atoms with Crippen LogP contribution < -0.4 is 5.32 Å². The minimum Gasteiger partial charge on any atom is -0.476 e. The number of carbonyl (C=O) groups excluding carboxylic acids is 1. The van der Waals surface area contributed by atoms with Crippen molar-refractivity contribution in [2.45, 2.75) is 6.92 Å². The van der Waals surface area contributed by atoms with Crippen LogP contribution in [0, 0.1) is 5.95 Å². The van der Waals surface area contributed by atoms with Crippen LogP contribution in [-0.4, -0.2) is 37.0 Å². The number of nitrogens with one attached hydrogen (secondary N) is 1. The molecule has 2 rings (SSSR count). The van der Waals surface area contributed by atoms with Crippen molar-refractivity contribution < 1.29 is 19.1 Å². The van der Waals surface area contributed by atoms with Gasteiger partial charge in [0.15, 0.2) is 5.69 Å². The minimum absolute atomic E-state index is 0.0158. The summed E-state index contributed by atoms with van der Waals surface area (Å²) in [7, 11) is 1.40. The van der Waals surface area contributed by atoms with E-state index in [0.717, 1.165) is 4.68 Å². The quantitative estimate of drug-likeness (QED) is 0.799. The third-order valence-electron chi connectivity index (χ3n) is 2.43. The number of hydrogen-bond acceptors (Lipinski definition) is 5. The smallest absolute Gasteiger partial charge is 0.356 e. The lowest BCUT2D eigenvalue weighted by Gasteiger charge is -2.04. The molecule has 0 spiro atoms. The molecule has 2 N–H and O–H groups in total. The number of amides is 1. The molecule has 2 aromatic rings. The van der Waals surface area contributed by atoms with Gasteiger partial charge in [0.25, 0.3) is 0 Å². The number of aromatic carboxylic acids is 1. The van der Waals surface area contributed by atoms with Gasteiger partial charge in [-0.3, -0.25) is 4.79 Å². The molecule has 0 aliphatic carbocycles. The van der Waals surface area contributed by atoms with E-state index in [9.17, 15) is 14.0 Å². The molecule has 0 unspecified atom stereocenters. The Morgan fingerprint density at radius 3 is 2.65 bits per heavy atom. The fraction of sp³-hybridized carbons (Fsp3) is 0.182. The number of halogens is 1. The molecule has 1 amide bonds. The SMILES string of the molecule is CC(=O)Nc1ccc(-c2nnn(C)c2C(=O)O)nc1F. The molecule has 0 aliphatic heterocycles. The van der Waals surface area contributed by atoms with Crippen LogP contribution in [0.1, 0.15) is 17.4 Å². The van der Waals surface area contributed by atoms with Gasteiger partial charge in [-0.05, 0) is 12.1 Å². The standard InChI is InChI=1S/C11H10FN5O3/c1-5(18)13-7-4-3-6(14-10(7)12)8-9(11(19)20)17(2)16-15-8/h3-4H,1-2H3,(H,13,18)(H,19,20). The van der Waals surface area contributed by atoms with E-state index in [1.807, 2.05) is 0 Å². The van der Waals surface area contributed by atoms with Gasteiger partial charge in [-0.25, -0.2) is 14.5 Å². The molecular weight excluding hydrogens is 269 g/mol. The summed E-state index contributed by atoms with van der Waals surface area (Å²) in [6, 6.07) is 2.63. The van der Waals surface area contributed by atoms with Crippen molar-refractivity contribution in [3.05, 3.63) is 23.8 Å². The molecule has 2 heterocycles. The maximum atomic E-state index is 13.7. The summed E-state index contributed by atoms with van der Waals surface area (Å²) >= 11 is 0. The molecule has 2 aromatic heterocycles. The molecule has 20 heavy (non-hydrogen) atoms. The predicted molar refractivity (Wildman–Crippen MR) is 65.5 cm³/mol. The predicted octanol–water partition coefficient (Wildman–Crippen LogP) is 0.673. The minimum atomic E-state index is -1.25. The van der Waals surface area contributed by atoms with E-state index in [-0.39, 0.29) is 22.8 Å². The van der Waals surface area contributed by atoms with Crippen molar-refractivity contribution in [3.63, 3.8) is 0 Å². The monoisotopic (exact) mass is 279 g/mol. The summed E-state index contributed by atoms with van der Waals surface area (Å²) in [6.45, 7) is 1.23. The highest BCUT2D eigenvalue weighted by Gasteiger charge is 2.21. The van der Waals surface area contributed by atoms with Gasteiger partial charge in [-0.15, -0.1) is 5.10 Å². The summed E-state index contributed by atoms with van der Waals surface area (Å²) in [4.78, 5) is 25.5. The Bertz CT molecular complexity index is 697. The highest BCUT2D eigenvalue weighted by atomic mass is 19.1. The van der Waals surface area contributed by atoms with Crippen LogP contribution in [0.5, 0.6) is 0 Å². The van der Waals surface area contributed by atoms with E-state index in [1.165, 1.54) is 26.1 Å². The van der Waals surface area contributed by atoms with Gasteiger partial charge >= 0.3 is 5.97 Å². The van der Waals surface area contributed by atoms with E-state index in [0.29, 0.717) is 0 Å². The number of rotatable bonds is 3. The van der Waals surface area contributed by atoms with Crippen molar-refractivity contribution in [2.75, 3.05) is 5.32 Å². The topological polar surface area (TPSA) is 110 Å². The Morgan fingerprint density at radius 1 is 1.40 bits per heavy atom. The fourth-order valence-corrected chi connectivity index (χ4v) is 1.62. The first-order chi connectivity index (χ1) is 9.40. The highest BCUT2D eigenvalue weighted by molar-refractivity contribution is 5.92. The number of carboxylic acid groups (broad SMARTS) is 1. The third-order valence-corrected chi connectivity index (χ3v) is 2.43. The van der Waals surface area contributed by atoms with Gasteiger partial charge in [-0.1, -0.05) is 5.21 Å². The molecule has 0 radical (unpaired) electrons. The Hall–Kier alpha value is -2.84. The van der Waals surface area contributed by atoms with Gasteiger partial charge in [-0.2, -0.15) is 4.39 Å². The lowest BCUT2D eigenvalue weighted by atomic mass is 10.2. The highest BCUT2D eigenvalue weighted by Crippen LogP contribution is 2.22. The number of carbonyl (C=O) groups is 2. The van der Waals surface area contributed by atoms with Crippen molar-refractivity contribution in [1.82, 2.24) is 20.0 Å². The molecule has 0 aliphatic rings. The molecule has 8 nitrogen and oxygen atoms in total.